The number of hydrogen-bond donors (Lipinski definition) is 1. The van der Waals surface area contributed by atoms with Crippen LogP contribution in [0.5, 0.6) is 5.75 Å². The Morgan fingerprint density at radius 2 is 1.74 bits per heavy atom. The van der Waals surface area contributed by atoms with Crippen molar-refractivity contribution in [2.24, 2.45) is 0 Å². The number of carbonyl (C=O) groups is 2. The lowest BCUT2D eigenvalue weighted by Crippen LogP contribution is -2.33. The van der Waals surface area contributed by atoms with Crippen molar-refractivity contribution in [2.45, 2.75) is 39.5 Å². The fraction of sp³-hybridized carbons (Fsp3) is 0.500. The molecule has 7 heteroatoms. The van der Waals surface area contributed by atoms with Crippen molar-refractivity contribution in [1.82, 2.24) is 4.90 Å². The van der Waals surface area contributed by atoms with Crippen LogP contribution < -0.4 is 10.1 Å². The highest BCUT2D eigenvalue weighted by atomic mass is 16.6. The summed E-state index contributed by atoms with van der Waals surface area (Å²) in [7, 11) is 2.81. The molecule has 0 radical (unpaired) electrons. The third-order valence-corrected chi connectivity index (χ3v) is 3.32. The van der Waals surface area contributed by atoms with Crippen LogP contribution in [-0.2, 0) is 22.6 Å². The maximum Gasteiger partial charge on any atom is 0.411 e. The van der Waals surface area contributed by atoms with E-state index in [9.17, 15) is 9.59 Å². The minimum Gasteiger partial charge on any atom is -0.495 e. The predicted octanol–water partition coefficient (Wildman–Crippen LogP) is 3.12. The number of anilines is 1. The molecule has 1 aromatic carbocycles. The van der Waals surface area contributed by atoms with Crippen molar-refractivity contribution in [3.8, 4) is 5.75 Å². The number of hydrogen-bond acceptors (Lipinski definition) is 5. The topological polar surface area (TPSA) is 77.1 Å². The van der Waals surface area contributed by atoms with Crippen LogP contribution in [0.1, 0.15) is 31.9 Å². The van der Waals surface area contributed by atoms with Crippen LogP contribution in [0.2, 0.25) is 0 Å². The molecular weight excluding hydrogens is 300 g/mol. The van der Waals surface area contributed by atoms with Crippen molar-refractivity contribution >= 4 is 17.9 Å². The summed E-state index contributed by atoms with van der Waals surface area (Å²) < 4.78 is 15.3. The number of ether oxygens (including phenoxy) is 3. The number of nitrogens with one attached hydrogen (secondary N) is 1. The summed E-state index contributed by atoms with van der Waals surface area (Å²) in [6.45, 7) is 6.35. The maximum absolute atomic E-state index is 12.2. The molecule has 0 unspecified atom stereocenters. The van der Waals surface area contributed by atoms with Gasteiger partial charge in [0.1, 0.15) is 11.4 Å². The average molecular weight is 322 g/mol. The normalized spacial score (nSPS) is 13.3. The monoisotopic (exact) mass is 322 g/mol. The third kappa shape index (κ3) is 4.06. The summed E-state index contributed by atoms with van der Waals surface area (Å²) in [6, 6.07) is 3.60. The van der Waals surface area contributed by atoms with E-state index in [1.165, 1.54) is 14.2 Å². The van der Waals surface area contributed by atoms with Crippen LogP contribution in [0.4, 0.5) is 15.3 Å². The Morgan fingerprint density at radius 1 is 1.13 bits per heavy atom. The van der Waals surface area contributed by atoms with Gasteiger partial charge in [-0.3, -0.25) is 10.2 Å². The maximum atomic E-state index is 12.2. The van der Waals surface area contributed by atoms with Crippen molar-refractivity contribution in [3.63, 3.8) is 0 Å². The van der Waals surface area contributed by atoms with Crippen LogP contribution in [0.3, 0.4) is 0 Å². The quantitative estimate of drug-likeness (QED) is 0.905. The van der Waals surface area contributed by atoms with E-state index < -0.39 is 11.7 Å². The molecule has 0 aromatic heterocycles. The molecule has 0 atom stereocenters. The van der Waals surface area contributed by atoms with E-state index in [-0.39, 0.29) is 6.09 Å². The first-order chi connectivity index (χ1) is 10.7. The van der Waals surface area contributed by atoms with E-state index in [0.29, 0.717) is 24.5 Å². The minimum atomic E-state index is -0.578. The van der Waals surface area contributed by atoms with Gasteiger partial charge in [-0.25, -0.2) is 9.59 Å². The molecule has 1 aliphatic rings. The Labute approximate surface area is 135 Å². The van der Waals surface area contributed by atoms with Crippen molar-refractivity contribution < 1.29 is 23.8 Å². The number of benzene rings is 1. The molecule has 0 fully saturated rings. The summed E-state index contributed by atoms with van der Waals surface area (Å²) in [5.74, 6) is 0.514. The van der Waals surface area contributed by atoms with E-state index >= 15 is 0 Å². The Balaban J connectivity index is 2.19. The molecule has 0 spiro atoms. The highest BCUT2D eigenvalue weighted by Crippen LogP contribution is 2.34. The van der Waals surface area contributed by atoms with E-state index in [1.54, 1.807) is 11.0 Å². The largest absolute Gasteiger partial charge is 0.495 e. The summed E-state index contributed by atoms with van der Waals surface area (Å²) in [5.41, 5.74) is 1.86. The van der Waals surface area contributed by atoms with Crippen LogP contribution in [0.25, 0.3) is 0 Å². The second-order valence-corrected chi connectivity index (χ2v) is 6.27. The van der Waals surface area contributed by atoms with Crippen LogP contribution in [0.15, 0.2) is 12.1 Å². The van der Waals surface area contributed by atoms with Gasteiger partial charge in [0.15, 0.2) is 0 Å². The Kier molecular flexibility index (Phi) is 4.68. The lowest BCUT2D eigenvalue weighted by Gasteiger charge is -2.24. The summed E-state index contributed by atoms with van der Waals surface area (Å²) in [6.07, 6.45) is -0.944. The van der Waals surface area contributed by atoms with Gasteiger partial charge in [0.2, 0.25) is 0 Å². The van der Waals surface area contributed by atoms with Crippen LogP contribution in [-0.4, -0.2) is 36.9 Å². The second-order valence-electron chi connectivity index (χ2n) is 6.27. The van der Waals surface area contributed by atoms with Gasteiger partial charge in [-0.15, -0.1) is 0 Å². The van der Waals surface area contributed by atoms with E-state index in [0.717, 1.165) is 11.1 Å². The Bertz CT molecular complexity index is 622. The first kappa shape index (κ1) is 16.9. The van der Waals surface area contributed by atoms with E-state index in [2.05, 4.69) is 10.1 Å². The smallest absolute Gasteiger partial charge is 0.411 e. The third-order valence-electron chi connectivity index (χ3n) is 3.32. The van der Waals surface area contributed by atoms with Gasteiger partial charge in [0.25, 0.3) is 0 Å². The number of amides is 2. The highest BCUT2D eigenvalue weighted by Gasteiger charge is 2.29. The fourth-order valence-corrected chi connectivity index (χ4v) is 2.31. The first-order valence-corrected chi connectivity index (χ1v) is 7.26. The number of carbonyl (C=O) groups excluding carboxylic acids is 2. The number of methoxy groups -OCH3 is 2. The Morgan fingerprint density at radius 3 is 2.26 bits per heavy atom. The molecule has 0 bridgehead atoms. The summed E-state index contributed by atoms with van der Waals surface area (Å²) in [4.78, 5) is 25.2. The van der Waals surface area contributed by atoms with Crippen LogP contribution >= 0.6 is 0 Å². The Hall–Kier alpha value is -2.44. The molecule has 0 saturated heterocycles. The van der Waals surface area contributed by atoms with Crippen molar-refractivity contribution in [2.75, 3.05) is 19.5 Å². The van der Waals surface area contributed by atoms with Gasteiger partial charge < -0.3 is 14.2 Å². The zero-order chi connectivity index (χ0) is 17.2. The van der Waals surface area contributed by atoms with Gasteiger partial charge in [0, 0.05) is 13.1 Å². The molecule has 2 amide bonds. The number of fused-ring (bicyclic) bond motifs is 1. The molecule has 0 saturated carbocycles. The summed E-state index contributed by atoms with van der Waals surface area (Å²) >= 11 is 0. The lowest BCUT2D eigenvalue weighted by molar-refractivity contribution is 0.0241. The van der Waals surface area contributed by atoms with E-state index in [1.807, 2.05) is 26.8 Å². The van der Waals surface area contributed by atoms with Crippen molar-refractivity contribution in [1.29, 1.82) is 0 Å². The minimum absolute atomic E-state index is 0.366. The summed E-state index contributed by atoms with van der Waals surface area (Å²) in [5, 5.41) is 2.60. The molecule has 23 heavy (non-hydrogen) atoms. The molecule has 1 aromatic rings. The van der Waals surface area contributed by atoms with Gasteiger partial charge in [-0.2, -0.15) is 0 Å². The van der Waals surface area contributed by atoms with Crippen molar-refractivity contribution in [3.05, 3.63) is 23.3 Å². The first-order valence-electron chi connectivity index (χ1n) is 7.26. The standard InChI is InChI=1S/C16H22N2O5/c1-16(2,3)23-15(20)18-8-10-6-12(17-14(19)22-5)13(21-4)7-11(10)9-18/h6-7H,8-9H2,1-5H3,(H,17,19). The van der Waals surface area contributed by atoms with E-state index in [4.69, 9.17) is 9.47 Å². The SMILES string of the molecule is COC(=O)Nc1cc2c(cc1OC)CN(C(=O)OC(C)(C)C)C2. The van der Waals surface area contributed by atoms with Gasteiger partial charge >= 0.3 is 12.2 Å². The zero-order valence-electron chi connectivity index (χ0n) is 14.1. The predicted molar refractivity (Wildman–Crippen MR) is 84.5 cm³/mol. The average Bonchev–Trinajstić information content (AvgIpc) is 2.87. The highest BCUT2D eigenvalue weighted by molar-refractivity contribution is 5.87. The van der Waals surface area contributed by atoms with Crippen LogP contribution in [0, 0.1) is 0 Å². The number of nitrogens with zero attached hydrogens (tertiary/aromatic N) is 1. The molecule has 126 valence electrons. The molecule has 7 nitrogen and oxygen atoms in total. The molecule has 1 N–H and O–H groups in total. The molecule has 2 rings (SSSR count). The number of rotatable bonds is 2. The zero-order valence-corrected chi connectivity index (χ0v) is 14.1. The fourth-order valence-electron chi connectivity index (χ4n) is 2.31. The molecule has 0 aliphatic carbocycles. The van der Waals surface area contributed by atoms with Gasteiger partial charge in [-0.1, -0.05) is 0 Å². The van der Waals surface area contributed by atoms with Gasteiger partial charge in [0.05, 0.1) is 19.9 Å². The molecule has 1 heterocycles. The second kappa shape index (κ2) is 6.36. The lowest BCUT2D eigenvalue weighted by atomic mass is 10.1. The molecule has 1 aliphatic heterocycles. The van der Waals surface area contributed by atoms with Gasteiger partial charge in [-0.05, 0) is 44.0 Å². The molecular formula is C16H22N2O5.